The van der Waals surface area contributed by atoms with E-state index < -0.39 is 5.97 Å². The number of hydrazone groups is 1. The largest absolute Gasteiger partial charge is 0.487 e. The Balaban J connectivity index is 0.000000320. The van der Waals surface area contributed by atoms with Crippen LogP contribution in [0.1, 0.15) is 17.3 Å². The van der Waals surface area contributed by atoms with Crippen LogP contribution in [0.2, 0.25) is 0 Å². The standard InChI is InChI=1S/C21H19N3O4.C9H11NO/c1-3-12-28-19-7-5-4-6-18(19)22-13-17-14(2)23-24(20(17)25)16-10-8-15(9-11-16)21(26)27;1-2-7-11-9-6-4-3-5-8(9)10/h3-11,13,22H,1,12H2,2H3,(H,26,27);2-6H,1,7,10H2/b17-13-;. The van der Waals surface area contributed by atoms with Gasteiger partial charge in [0.2, 0.25) is 0 Å². The molecule has 3 aromatic carbocycles. The van der Waals surface area contributed by atoms with Crippen LogP contribution in [0, 0.1) is 0 Å². The van der Waals surface area contributed by atoms with Crippen LogP contribution < -0.4 is 25.5 Å². The Morgan fingerprint density at radius 2 is 1.56 bits per heavy atom. The third-order valence-corrected chi connectivity index (χ3v) is 5.31. The van der Waals surface area contributed by atoms with Gasteiger partial charge in [-0.25, -0.2) is 4.79 Å². The van der Waals surface area contributed by atoms with E-state index in [0.29, 0.717) is 53.1 Å². The Morgan fingerprint density at radius 1 is 0.974 bits per heavy atom. The number of hydrogen-bond acceptors (Lipinski definition) is 7. The van der Waals surface area contributed by atoms with Crippen LogP contribution in [-0.2, 0) is 4.79 Å². The van der Waals surface area contributed by atoms with Gasteiger partial charge in [-0.3, -0.25) is 4.79 Å². The Morgan fingerprint density at radius 3 is 2.18 bits per heavy atom. The fourth-order valence-electron chi connectivity index (χ4n) is 3.38. The smallest absolute Gasteiger partial charge is 0.335 e. The van der Waals surface area contributed by atoms with Gasteiger partial charge in [0.05, 0.1) is 33.9 Å². The maximum Gasteiger partial charge on any atom is 0.335 e. The highest BCUT2D eigenvalue weighted by Crippen LogP contribution is 2.27. The van der Waals surface area contributed by atoms with Gasteiger partial charge in [0, 0.05) is 6.20 Å². The Labute approximate surface area is 227 Å². The van der Waals surface area contributed by atoms with Crippen molar-refractivity contribution in [2.75, 3.05) is 29.3 Å². The first-order valence-electron chi connectivity index (χ1n) is 12.0. The summed E-state index contributed by atoms with van der Waals surface area (Å²) in [5.74, 6) is 0.0199. The molecule has 1 amide bonds. The van der Waals surface area contributed by atoms with E-state index in [-0.39, 0.29) is 11.5 Å². The Kier molecular flexibility index (Phi) is 10.0. The number of carbonyl (C=O) groups is 2. The second-order valence-corrected chi connectivity index (χ2v) is 8.09. The third-order valence-electron chi connectivity index (χ3n) is 5.31. The molecule has 4 rings (SSSR count). The summed E-state index contributed by atoms with van der Waals surface area (Å²) in [5.41, 5.74) is 8.56. The zero-order valence-corrected chi connectivity index (χ0v) is 21.5. The van der Waals surface area contributed by atoms with Gasteiger partial charge in [-0.05, 0) is 55.5 Å². The number of hydrogen-bond donors (Lipinski definition) is 3. The fourth-order valence-corrected chi connectivity index (χ4v) is 3.38. The lowest BCUT2D eigenvalue weighted by molar-refractivity contribution is -0.114. The maximum atomic E-state index is 12.8. The second-order valence-electron chi connectivity index (χ2n) is 8.09. The first kappa shape index (κ1) is 28.3. The van der Waals surface area contributed by atoms with Gasteiger partial charge in [0.15, 0.2) is 0 Å². The molecule has 9 heteroatoms. The van der Waals surface area contributed by atoms with Crippen LogP contribution in [0.3, 0.4) is 0 Å². The number of nitrogens with one attached hydrogen (secondary N) is 1. The topological polar surface area (TPSA) is 126 Å². The maximum absolute atomic E-state index is 12.8. The van der Waals surface area contributed by atoms with E-state index in [1.54, 1.807) is 43.5 Å². The van der Waals surface area contributed by atoms with Crippen LogP contribution >= 0.6 is 0 Å². The van der Waals surface area contributed by atoms with Crippen molar-refractivity contribution in [2.24, 2.45) is 5.10 Å². The molecule has 0 atom stereocenters. The molecule has 0 radical (unpaired) electrons. The summed E-state index contributed by atoms with van der Waals surface area (Å²) in [6.07, 6.45) is 4.93. The molecule has 200 valence electrons. The average Bonchev–Trinajstić information content (AvgIpc) is 3.23. The Bertz CT molecular complexity index is 1400. The van der Waals surface area contributed by atoms with Gasteiger partial charge in [-0.15, -0.1) is 0 Å². The van der Waals surface area contributed by atoms with Crippen molar-refractivity contribution in [1.82, 2.24) is 0 Å². The van der Waals surface area contributed by atoms with E-state index in [9.17, 15) is 9.59 Å². The van der Waals surface area contributed by atoms with Crippen LogP contribution in [0.5, 0.6) is 11.5 Å². The van der Waals surface area contributed by atoms with E-state index in [1.165, 1.54) is 17.1 Å². The monoisotopic (exact) mass is 526 g/mol. The van der Waals surface area contributed by atoms with Crippen LogP contribution in [0.4, 0.5) is 17.1 Å². The van der Waals surface area contributed by atoms with E-state index in [4.69, 9.17) is 20.3 Å². The lowest BCUT2D eigenvalue weighted by atomic mass is 10.1. The summed E-state index contributed by atoms with van der Waals surface area (Å²) in [4.78, 5) is 23.7. The molecule has 0 aliphatic carbocycles. The third kappa shape index (κ3) is 7.59. The number of rotatable bonds is 10. The predicted molar refractivity (Wildman–Crippen MR) is 154 cm³/mol. The summed E-state index contributed by atoms with van der Waals surface area (Å²) in [6, 6.07) is 20.7. The molecule has 1 heterocycles. The highest BCUT2D eigenvalue weighted by atomic mass is 16.5. The van der Waals surface area contributed by atoms with Crippen LogP contribution in [-0.4, -0.2) is 35.9 Å². The average molecular weight is 527 g/mol. The van der Waals surface area contributed by atoms with Crippen LogP contribution in [0.25, 0.3) is 0 Å². The Hall–Kier alpha value is -5.31. The number of amides is 1. The molecule has 1 aliphatic rings. The van der Waals surface area contributed by atoms with E-state index >= 15 is 0 Å². The van der Waals surface area contributed by atoms with E-state index in [2.05, 4.69) is 23.6 Å². The summed E-state index contributed by atoms with van der Waals surface area (Å²) in [7, 11) is 0. The van der Waals surface area contributed by atoms with E-state index in [0.717, 1.165) is 0 Å². The highest BCUT2D eigenvalue weighted by molar-refractivity contribution is 6.29. The number of carboxylic acid groups (broad SMARTS) is 1. The number of para-hydroxylation sites is 4. The molecule has 0 bridgehead atoms. The molecule has 0 saturated carbocycles. The molecular weight excluding hydrogens is 496 g/mol. The first-order chi connectivity index (χ1) is 18.8. The van der Waals surface area contributed by atoms with Crippen molar-refractivity contribution in [2.45, 2.75) is 6.92 Å². The molecule has 0 fully saturated rings. The van der Waals surface area contributed by atoms with Gasteiger partial charge in [-0.2, -0.15) is 10.1 Å². The molecular formula is C30H30N4O5. The van der Waals surface area contributed by atoms with Gasteiger partial charge in [0.1, 0.15) is 24.7 Å². The van der Waals surface area contributed by atoms with Crippen molar-refractivity contribution >= 4 is 34.7 Å². The number of benzene rings is 3. The van der Waals surface area contributed by atoms with Crippen molar-refractivity contribution in [3.63, 3.8) is 0 Å². The van der Waals surface area contributed by atoms with E-state index in [1.807, 2.05) is 42.5 Å². The van der Waals surface area contributed by atoms with Crippen molar-refractivity contribution in [1.29, 1.82) is 0 Å². The van der Waals surface area contributed by atoms with Crippen molar-refractivity contribution in [3.05, 3.63) is 115 Å². The predicted octanol–water partition coefficient (Wildman–Crippen LogP) is 5.50. The minimum absolute atomic E-state index is 0.143. The quantitative estimate of drug-likeness (QED) is 0.181. The number of ether oxygens (including phenoxy) is 2. The molecule has 4 N–H and O–H groups in total. The molecule has 1 aliphatic heterocycles. The number of anilines is 3. The number of nitrogen functional groups attached to an aromatic ring is 1. The van der Waals surface area contributed by atoms with Gasteiger partial charge >= 0.3 is 5.97 Å². The molecule has 9 nitrogen and oxygen atoms in total. The van der Waals surface area contributed by atoms with Crippen molar-refractivity contribution < 1.29 is 24.2 Å². The lowest BCUT2D eigenvalue weighted by Gasteiger charge is -2.12. The summed E-state index contributed by atoms with van der Waals surface area (Å²) >= 11 is 0. The van der Waals surface area contributed by atoms with Crippen molar-refractivity contribution in [3.8, 4) is 11.5 Å². The lowest BCUT2D eigenvalue weighted by Crippen LogP contribution is -2.21. The normalized spacial score (nSPS) is 13.2. The molecule has 0 saturated heterocycles. The summed E-state index contributed by atoms with van der Waals surface area (Å²) in [6.45, 7) is 9.77. The SMILES string of the molecule is C=CCOc1ccccc1N.C=CCOc1ccccc1N/C=C1\C(=O)N(c2ccc(C(=O)O)cc2)N=C1C. The van der Waals surface area contributed by atoms with Gasteiger partial charge < -0.3 is 25.6 Å². The number of carbonyl (C=O) groups excluding carboxylic acids is 1. The minimum Gasteiger partial charge on any atom is -0.487 e. The number of nitrogens with zero attached hydrogens (tertiary/aromatic N) is 2. The minimum atomic E-state index is -1.03. The van der Waals surface area contributed by atoms with Gasteiger partial charge in [0.25, 0.3) is 5.91 Å². The molecule has 0 unspecified atom stereocenters. The second kappa shape index (κ2) is 13.8. The highest BCUT2D eigenvalue weighted by Gasteiger charge is 2.29. The molecule has 3 aromatic rings. The zero-order chi connectivity index (χ0) is 28.2. The molecule has 0 spiro atoms. The summed E-state index contributed by atoms with van der Waals surface area (Å²) < 4.78 is 10.8. The summed E-state index contributed by atoms with van der Waals surface area (Å²) in [5, 5.41) is 17.6. The number of nitrogens with two attached hydrogens (primary N) is 1. The fraction of sp³-hybridized carbons (Fsp3) is 0.100. The first-order valence-corrected chi connectivity index (χ1v) is 12.0. The zero-order valence-electron chi connectivity index (χ0n) is 21.5. The number of carboxylic acids is 1. The number of aromatic carboxylic acids is 1. The van der Waals surface area contributed by atoms with Gasteiger partial charge in [-0.1, -0.05) is 49.6 Å². The molecule has 0 aromatic heterocycles. The van der Waals surface area contributed by atoms with Crippen LogP contribution in [0.15, 0.2) is 115 Å². The molecule has 39 heavy (non-hydrogen) atoms.